The lowest BCUT2D eigenvalue weighted by molar-refractivity contribution is -0.0855. The number of nitrogens with zero attached hydrogens (tertiary/aromatic N) is 1. The molecule has 0 bridgehead atoms. The minimum absolute atomic E-state index is 0.146. The van der Waals surface area contributed by atoms with Gasteiger partial charge in [-0.1, -0.05) is 36.4 Å². The summed E-state index contributed by atoms with van der Waals surface area (Å²) < 4.78 is 26.9. The van der Waals surface area contributed by atoms with Crippen molar-refractivity contribution in [1.82, 2.24) is 9.88 Å². The number of ether oxygens (including phenoxy) is 2. The molecule has 1 amide bonds. The molecule has 1 N–H and O–H groups in total. The number of fused-ring (bicyclic) bond motifs is 1. The fourth-order valence-corrected chi connectivity index (χ4v) is 3.32. The number of carbonyl (C=O) groups is 1. The number of para-hydroxylation sites is 1. The number of hydrogen-bond acceptors (Lipinski definition) is 3. The number of hydrogen-bond donors (Lipinski definition) is 1. The van der Waals surface area contributed by atoms with Crippen LogP contribution in [0, 0.1) is 5.82 Å². The lowest BCUT2D eigenvalue weighted by Crippen LogP contribution is -2.40. The number of aromatic nitrogens is 1. The second kappa shape index (κ2) is 7.90. The minimum Gasteiger partial charge on any atom is -0.376 e. The van der Waals surface area contributed by atoms with E-state index in [1.54, 1.807) is 18.2 Å². The Bertz CT molecular complexity index is 948. The van der Waals surface area contributed by atoms with Gasteiger partial charge in [0.05, 0.1) is 32.5 Å². The van der Waals surface area contributed by atoms with Crippen LogP contribution in [0.1, 0.15) is 16.1 Å². The van der Waals surface area contributed by atoms with E-state index < -0.39 is 0 Å². The Kier molecular flexibility index (Phi) is 5.18. The van der Waals surface area contributed by atoms with Gasteiger partial charge in [-0.2, -0.15) is 0 Å². The number of halogens is 1. The van der Waals surface area contributed by atoms with E-state index in [1.165, 1.54) is 6.07 Å². The van der Waals surface area contributed by atoms with Gasteiger partial charge in [0.15, 0.2) is 0 Å². The maximum Gasteiger partial charge on any atom is 0.268 e. The van der Waals surface area contributed by atoms with Crippen molar-refractivity contribution in [2.45, 2.75) is 12.6 Å². The Hall–Kier alpha value is -2.70. The van der Waals surface area contributed by atoms with E-state index >= 15 is 0 Å². The van der Waals surface area contributed by atoms with E-state index in [1.807, 2.05) is 34.9 Å². The zero-order valence-electron chi connectivity index (χ0n) is 14.9. The first-order valence-corrected chi connectivity index (χ1v) is 9.01. The van der Waals surface area contributed by atoms with E-state index in [2.05, 4.69) is 5.32 Å². The first-order valence-electron chi connectivity index (χ1n) is 9.01. The van der Waals surface area contributed by atoms with Crippen LogP contribution in [0.15, 0.2) is 54.6 Å². The van der Waals surface area contributed by atoms with Gasteiger partial charge < -0.3 is 19.4 Å². The summed E-state index contributed by atoms with van der Waals surface area (Å²) in [4.78, 5) is 12.8. The molecule has 1 saturated heterocycles. The van der Waals surface area contributed by atoms with Gasteiger partial charge in [-0.25, -0.2) is 4.39 Å². The van der Waals surface area contributed by atoms with Crippen LogP contribution in [0.5, 0.6) is 0 Å². The molecule has 0 saturated carbocycles. The first kappa shape index (κ1) is 17.7. The van der Waals surface area contributed by atoms with Gasteiger partial charge in [0, 0.05) is 23.0 Å². The molecule has 27 heavy (non-hydrogen) atoms. The zero-order valence-corrected chi connectivity index (χ0v) is 14.9. The van der Waals surface area contributed by atoms with Gasteiger partial charge in [0.25, 0.3) is 5.91 Å². The fraction of sp³-hybridized carbons (Fsp3) is 0.286. The van der Waals surface area contributed by atoms with E-state index in [9.17, 15) is 9.18 Å². The highest BCUT2D eigenvalue weighted by atomic mass is 19.1. The monoisotopic (exact) mass is 368 g/mol. The van der Waals surface area contributed by atoms with Crippen LogP contribution in [-0.4, -0.2) is 42.9 Å². The maximum atomic E-state index is 14.2. The maximum absolute atomic E-state index is 14.2. The third-order valence-electron chi connectivity index (χ3n) is 4.70. The molecule has 1 aliphatic rings. The summed E-state index contributed by atoms with van der Waals surface area (Å²) in [6.45, 7) is 2.25. The number of carbonyl (C=O) groups excluding carboxylic acids is 1. The molecular weight excluding hydrogens is 347 g/mol. The molecule has 5 nitrogen and oxygen atoms in total. The molecular formula is C21H21FN2O3. The van der Waals surface area contributed by atoms with Crippen LogP contribution in [0.2, 0.25) is 0 Å². The lowest BCUT2D eigenvalue weighted by atomic mass is 10.2. The molecule has 4 rings (SSSR count). The summed E-state index contributed by atoms with van der Waals surface area (Å²) in [6.07, 6.45) is -0.146. The molecule has 1 aromatic heterocycles. The van der Waals surface area contributed by atoms with E-state index in [4.69, 9.17) is 9.47 Å². The van der Waals surface area contributed by atoms with Crippen molar-refractivity contribution in [3.8, 4) is 0 Å². The highest BCUT2D eigenvalue weighted by Gasteiger charge is 2.19. The molecule has 1 atom stereocenters. The predicted molar refractivity (Wildman–Crippen MR) is 100 cm³/mol. The summed E-state index contributed by atoms with van der Waals surface area (Å²) >= 11 is 0. The molecule has 0 radical (unpaired) electrons. The Morgan fingerprint density at radius 2 is 1.96 bits per heavy atom. The second-order valence-corrected chi connectivity index (χ2v) is 6.54. The van der Waals surface area contributed by atoms with Crippen molar-refractivity contribution in [2.75, 3.05) is 26.4 Å². The summed E-state index contributed by atoms with van der Waals surface area (Å²) in [5, 5.41) is 3.85. The number of nitrogens with one attached hydrogen (secondary N) is 1. The molecule has 140 valence electrons. The van der Waals surface area contributed by atoms with Crippen LogP contribution in [0.4, 0.5) is 4.39 Å². The van der Waals surface area contributed by atoms with E-state index in [-0.39, 0.29) is 24.4 Å². The smallest absolute Gasteiger partial charge is 0.268 e. The molecule has 0 spiro atoms. The summed E-state index contributed by atoms with van der Waals surface area (Å²) in [5.41, 5.74) is 1.93. The van der Waals surface area contributed by atoms with Crippen LogP contribution in [0.25, 0.3) is 10.9 Å². The van der Waals surface area contributed by atoms with Crippen molar-refractivity contribution in [3.63, 3.8) is 0 Å². The van der Waals surface area contributed by atoms with Gasteiger partial charge in [0.1, 0.15) is 11.5 Å². The van der Waals surface area contributed by atoms with Crippen LogP contribution < -0.4 is 5.32 Å². The lowest BCUT2D eigenvalue weighted by Gasteiger charge is -2.23. The predicted octanol–water partition coefficient (Wildman–Crippen LogP) is 2.97. The fourth-order valence-electron chi connectivity index (χ4n) is 3.32. The topological polar surface area (TPSA) is 52.5 Å². The van der Waals surface area contributed by atoms with Crippen LogP contribution in [0.3, 0.4) is 0 Å². The Labute approximate surface area is 156 Å². The SMILES string of the molecule is O=C(NC[C@@H]1COCCO1)c1cc2ccccc2n1Cc1ccccc1F. The van der Waals surface area contributed by atoms with Crippen LogP contribution >= 0.6 is 0 Å². The molecule has 1 fully saturated rings. The Morgan fingerprint density at radius 3 is 2.78 bits per heavy atom. The second-order valence-electron chi connectivity index (χ2n) is 6.54. The quantitative estimate of drug-likeness (QED) is 0.753. The summed E-state index contributed by atoms with van der Waals surface area (Å²) in [6, 6.07) is 16.2. The molecule has 2 heterocycles. The average Bonchev–Trinajstić information content (AvgIpc) is 3.07. The van der Waals surface area contributed by atoms with E-state index in [0.29, 0.717) is 37.6 Å². The number of amides is 1. The highest BCUT2D eigenvalue weighted by Crippen LogP contribution is 2.22. The van der Waals surface area contributed by atoms with Crippen molar-refractivity contribution in [3.05, 3.63) is 71.7 Å². The highest BCUT2D eigenvalue weighted by molar-refractivity contribution is 5.98. The minimum atomic E-state index is -0.283. The number of benzene rings is 2. The molecule has 0 aliphatic carbocycles. The molecule has 2 aromatic carbocycles. The third kappa shape index (κ3) is 3.86. The zero-order chi connectivity index (χ0) is 18.6. The summed E-state index contributed by atoms with van der Waals surface area (Å²) in [7, 11) is 0. The Morgan fingerprint density at radius 1 is 1.15 bits per heavy atom. The van der Waals surface area contributed by atoms with Crippen LogP contribution in [-0.2, 0) is 16.0 Å². The molecule has 1 aliphatic heterocycles. The number of rotatable bonds is 5. The summed E-state index contributed by atoms with van der Waals surface area (Å²) in [5.74, 6) is -0.494. The molecule has 6 heteroatoms. The average molecular weight is 368 g/mol. The largest absolute Gasteiger partial charge is 0.376 e. The third-order valence-corrected chi connectivity index (χ3v) is 4.70. The molecule has 0 unspecified atom stereocenters. The van der Waals surface area contributed by atoms with Gasteiger partial charge >= 0.3 is 0 Å². The van der Waals surface area contributed by atoms with Gasteiger partial charge in [-0.05, 0) is 18.2 Å². The van der Waals surface area contributed by atoms with Crippen molar-refractivity contribution >= 4 is 16.8 Å². The van der Waals surface area contributed by atoms with Crippen molar-refractivity contribution in [2.24, 2.45) is 0 Å². The Balaban J connectivity index is 1.61. The normalized spacial score (nSPS) is 17.1. The molecule has 3 aromatic rings. The van der Waals surface area contributed by atoms with Crippen molar-refractivity contribution < 1.29 is 18.7 Å². The van der Waals surface area contributed by atoms with Gasteiger partial charge in [0.2, 0.25) is 0 Å². The van der Waals surface area contributed by atoms with Gasteiger partial charge in [-0.15, -0.1) is 0 Å². The van der Waals surface area contributed by atoms with Crippen molar-refractivity contribution in [1.29, 1.82) is 0 Å². The standard InChI is InChI=1S/C21H21FN2O3/c22-18-7-3-1-6-16(18)13-24-19-8-4-2-5-15(19)11-20(24)21(25)23-12-17-14-26-9-10-27-17/h1-8,11,17H,9-10,12-14H2,(H,23,25)/t17-/m1/s1. The van der Waals surface area contributed by atoms with E-state index in [0.717, 1.165) is 10.9 Å². The first-order chi connectivity index (χ1) is 13.2. The van der Waals surface area contributed by atoms with Gasteiger partial charge in [-0.3, -0.25) is 4.79 Å².